The number of pyridine rings is 1. The van der Waals surface area contributed by atoms with Crippen molar-refractivity contribution in [3.8, 4) is 0 Å². The molecule has 0 aliphatic rings. The molecule has 2 aromatic rings. The predicted octanol–water partition coefficient (Wildman–Crippen LogP) is 1.87. The Morgan fingerprint density at radius 1 is 0.957 bits per heavy atom. The van der Waals surface area contributed by atoms with E-state index < -0.39 is 0 Å². The molecule has 0 saturated heterocycles. The normalized spacial score (nSPS) is 10.1. The van der Waals surface area contributed by atoms with E-state index in [2.05, 4.69) is 15.6 Å². The highest BCUT2D eigenvalue weighted by molar-refractivity contribution is 5.93. The average Bonchev–Trinajstić information content (AvgIpc) is 2.59. The first-order chi connectivity index (χ1) is 11.1. The van der Waals surface area contributed by atoms with Gasteiger partial charge in [-0.1, -0.05) is 29.8 Å². The van der Waals surface area contributed by atoms with Gasteiger partial charge in [0, 0.05) is 37.5 Å². The summed E-state index contributed by atoms with van der Waals surface area (Å²) in [6.07, 6.45) is 4.31. The Morgan fingerprint density at radius 2 is 1.61 bits per heavy atom. The van der Waals surface area contributed by atoms with Crippen LogP contribution in [0.4, 0.5) is 0 Å². The van der Waals surface area contributed by atoms with E-state index in [-0.39, 0.29) is 11.8 Å². The predicted molar refractivity (Wildman–Crippen MR) is 89.1 cm³/mol. The van der Waals surface area contributed by atoms with E-state index in [9.17, 15) is 9.59 Å². The van der Waals surface area contributed by atoms with Crippen LogP contribution in [0.2, 0.25) is 0 Å². The van der Waals surface area contributed by atoms with Gasteiger partial charge < -0.3 is 10.6 Å². The van der Waals surface area contributed by atoms with Gasteiger partial charge in [0.15, 0.2) is 0 Å². The number of aromatic nitrogens is 1. The highest BCUT2D eigenvalue weighted by atomic mass is 16.2. The lowest BCUT2D eigenvalue weighted by Gasteiger charge is -2.07. The number of aryl methyl sites for hydroxylation is 2. The van der Waals surface area contributed by atoms with Gasteiger partial charge in [-0.15, -0.1) is 0 Å². The van der Waals surface area contributed by atoms with Crippen LogP contribution in [0.3, 0.4) is 0 Å². The van der Waals surface area contributed by atoms with Crippen molar-refractivity contribution < 1.29 is 9.59 Å². The second kappa shape index (κ2) is 8.68. The Morgan fingerprint density at radius 3 is 2.30 bits per heavy atom. The van der Waals surface area contributed by atoms with Crippen molar-refractivity contribution in [2.45, 2.75) is 19.8 Å². The van der Waals surface area contributed by atoms with Crippen LogP contribution < -0.4 is 10.6 Å². The van der Waals surface area contributed by atoms with Crippen LogP contribution in [0.1, 0.15) is 27.9 Å². The first-order valence-electron chi connectivity index (χ1n) is 7.65. The summed E-state index contributed by atoms with van der Waals surface area (Å²) in [4.78, 5) is 27.4. The Kier molecular flexibility index (Phi) is 6.29. The minimum Gasteiger partial charge on any atom is -0.354 e. The monoisotopic (exact) mass is 311 g/mol. The van der Waals surface area contributed by atoms with Crippen LogP contribution in [0.25, 0.3) is 0 Å². The molecule has 0 radical (unpaired) electrons. The molecule has 0 saturated carbocycles. The van der Waals surface area contributed by atoms with Crippen LogP contribution in [-0.4, -0.2) is 29.9 Å². The summed E-state index contributed by atoms with van der Waals surface area (Å²) in [6.45, 7) is 2.86. The van der Waals surface area contributed by atoms with Crippen LogP contribution in [0.5, 0.6) is 0 Å². The third-order valence-corrected chi connectivity index (χ3v) is 3.44. The molecule has 0 spiro atoms. The fraction of sp³-hybridized carbons (Fsp3) is 0.278. The zero-order valence-electron chi connectivity index (χ0n) is 13.2. The minimum atomic E-state index is -0.165. The Balaban J connectivity index is 1.61. The minimum absolute atomic E-state index is 0.0104. The van der Waals surface area contributed by atoms with Crippen LogP contribution in [0, 0.1) is 6.92 Å². The number of carbonyl (C=O) groups is 2. The van der Waals surface area contributed by atoms with Gasteiger partial charge in [-0.2, -0.15) is 0 Å². The summed E-state index contributed by atoms with van der Waals surface area (Å²) in [5.74, 6) is -0.176. The number of rotatable bonds is 7. The van der Waals surface area contributed by atoms with Crippen molar-refractivity contribution >= 4 is 11.8 Å². The lowest BCUT2D eigenvalue weighted by Crippen LogP contribution is -2.34. The van der Waals surface area contributed by atoms with Crippen LogP contribution in [-0.2, 0) is 11.2 Å². The van der Waals surface area contributed by atoms with Crippen LogP contribution >= 0.6 is 0 Å². The molecule has 2 N–H and O–H groups in total. The summed E-state index contributed by atoms with van der Waals surface area (Å²) < 4.78 is 0. The average molecular weight is 311 g/mol. The SMILES string of the molecule is Cc1ccc(CCC(=O)NCCNC(=O)c2ccncc2)cc1. The molecule has 0 fully saturated rings. The van der Waals surface area contributed by atoms with Gasteiger partial charge in [-0.05, 0) is 31.0 Å². The summed E-state index contributed by atoms with van der Waals surface area (Å²) in [5, 5.41) is 5.56. The number of nitrogens with zero attached hydrogens (tertiary/aromatic N) is 1. The molecule has 0 aliphatic carbocycles. The van der Waals surface area contributed by atoms with Gasteiger partial charge >= 0.3 is 0 Å². The molecule has 1 aromatic heterocycles. The van der Waals surface area contributed by atoms with Gasteiger partial charge in [0.05, 0.1) is 0 Å². The molecule has 120 valence electrons. The highest BCUT2D eigenvalue weighted by Gasteiger charge is 2.05. The Labute approximate surface area is 136 Å². The molecule has 0 unspecified atom stereocenters. The fourth-order valence-electron chi connectivity index (χ4n) is 2.08. The van der Waals surface area contributed by atoms with Gasteiger partial charge in [-0.25, -0.2) is 0 Å². The summed E-state index contributed by atoms with van der Waals surface area (Å²) in [6, 6.07) is 11.5. The van der Waals surface area contributed by atoms with E-state index >= 15 is 0 Å². The molecule has 1 heterocycles. The zero-order chi connectivity index (χ0) is 16.5. The zero-order valence-corrected chi connectivity index (χ0v) is 13.2. The third-order valence-electron chi connectivity index (χ3n) is 3.44. The molecular formula is C18H21N3O2. The standard InChI is InChI=1S/C18H21N3O2/c1-14-2-4-15(5-3-14)6-7-17(22)20-12-13-21-18(23)16-8-10-19-11-9-16/h2-5,8-11H,6-7,12-13H2,1H3,(H,20,22)(H,21,23). The maximum Gasteiger partial charge on any atom is 0.251 e. The van der Waals surface area contributed by atoms with Crippen molar-refractivity contribution in [3.63, 3.8) is 0 Å². The smallest absolute Gasteiger partial charge is 0.251 e. The second-order valence-electron chi connectivity index (χ2n) is 5.33. The molecule has 0 aliphatic heterocycles. The Bertz CT molecular complexity index is 639. The van der Waals surface area contributed by atoms with Crippen molar-refractivity contribution in [2.24, 2.45) is 0 Å². The molecular weight excluding hydrogens is 290 g/mol. The lowest BCUT2D eigenvalue weighted by atomic mass is 10.1. The van der Waals surface area contributed by atoms with Crippen molar-refractivity contribution in [2.75, 3.05) is 13.1 Å². The van der Waals surface area contributed by atoms with E-state index in [4.69, 9.17) is 0 Å². The number of hydrogen-bond donors (Lipinski definition) is 2. The summed E-state index contributed by atoms with van der Waals surface area (Å²) in [7, 11) is 0. The van der Waals surface area contributed by atoms with Crippen molar-refractivity contribution in [3.05, 3.63) is 65.5 Å². The Hall–Kier alpha value is -2.69. The third kappa shape index (κ3) is 5.90. The van der Waals surface area contributed by atoms with E-state index in [0.717, 1.165) is 12.0 Å². The molecule has 5 heteroatoms. The molecule has 2 amide bonds. The fourth-order valence-corrected chi connectivity index (χ4v) is 2.08. The molecule has 1 aromatic carbocycles. The molecule has 23 heavy (non-hydrogen) atoms. The van der Waals surface area contributed by atoms with Crippen molar-refractivity contribution in [1.29, 1.82) is 0 Å². The van der Waals surface area contributed by atoms with E-state index in [0.29, 0.717) is 25.1 Å². The number of hydrogen-bond acceptors (Lipinski definition) is 3. The quantitative estimate of drug-likeness (QED) is 0.767. The number of nitrogens with one attached hydrogen (secondary N) is 2. The van der Waals surface area contributed by atoms with Gasteiger partial charge in [0.1, 0.15) is 0 Å². The first-order valence-corrected chi connectivity index (χ1v) is 7.65. The largest absolute Gasteiger partial charge is 0.354 e. The number of carbonyl (C=O) groups excluding carboxylic acids is 2. The molecule has 5 nitrogen and oxygen atoms in total. The molecule has 2 rings (SSSR count). The topological polar surface area (TPSA) is 71.1 Å². The highest BCUT2D eigenvalue weighted by Crippen LogP contribution is 2.05. The van der Waals surface area contributed by atoms with E-state index in [1.807, 2.05) is 31.2 Å². The summed E-state index contributed by atoms with van der Waals surface area (Å²) in [5.41, 5.74) is 2.92. The van der Waals surface area contributed by atoms with Crippen molar-refractivity contribution in [1.82, 2.24) is 15.6 Å². The molecule has 0 atom stereocenters. The maximum atomic E-state index is 11.8. The molecule has 0 bridgehead atoms. The number of benzene rings is 1. The van der Waals surface area contributed by atoms with E-state index in [1.165, 1.54) is 5.56 Å². The second-order valence-corrected chi connectivity index (χ2v) is 5.33. The van der Waals surface area contributed by atoms with Gasteiger partial charge in [-0.3, -0.25) is 14.6 Å². The first kappa shape index (κ1) is 16.7. The van der Waals surface area contributed by atoms with E-state index in [1.54, 1.807) is 24.5 Å². The van der Waals surface area contributed by atoms with Gasteiger partial charge in [0.25, 0.3) is 5.91 Å². The summed E-state index contributed by atoms with van der Waals surface area (Å²) >= 11 is 0. The van der Waals surface area contributed by atoms with Crippen LogP contribution in [0.15, 0.2) is 48.8 Å². The lowest BCUT2D eigenvalue weighted by molar-refractivity contribution is -0.121. The van der Waals surface area contributed by atoms with Gasteiger partial charge in [0.2, 0.25) is 5.91 Å². The number of amides is 2. The maximum absolute atomic E-state index is 11.8.